The number of benzene rings is 2. The molecule has 1 fully saturated rings. The average Bonchev–Trinajstić information content (AvgIpc) is 3.31. The van der Waals surface area contributed by atoms with E-state index in [0.717, 1.165) is 28.7 Å². The normalized spacial score (nSPS) is 20.1. The highest BCUT2D eigenvalue weighted by molar-refractivity contribution is 5.87. The predicted molar refractivity (Wildman–Crippen MR) is 124 cm³/mol. The Balaban J connectivity index is 1.43. The Bertz CT molecular complexity index is 1010. The van der Waals surface area contributed by atoms with Gasteiger partial charge in [-0.25, -0.2) is 4.79 Å². The van der Waals surface area contributed by atoms with Crippen LogP contribution in [0.1, 0.15) is 50.2 Å². The lowest BCUT2D eigenvalue weighted by Crippen LogP contribution is -2.50. The Morgan fingerprint density at radius 1 is 1.06 bits per heavy atom. The largest absolute Gasteiger partial charge is 0.481 e. The van der Waals surface area contributed by atoms with E-state index in [1.54, 1.807) is 4.90 Å². The highest BCUT2D eigenvalue weighted by atomic mass is 16.5. The molecule has 2 amide bonds. The summed E-state index contributed by atoms with van der Waals surface area (Å²) in [7, 11) is 0. The minimum absolute atomic E-state index is 0.0238. The number of hydrogen-bond acceptors (Lipinski definition) is 4. The molecule has 0 radical (unpaired) electrons. The van der Waals surface area contributed by atoms with E-state index >= 15 is 0 Å². The fourth-order valence-corrected chi connectivity index (χ4v) is 4.91. The zero-order chi connectivity index (χ0) is 23.5. The molecular formula is C26H30N2O5. The first-order chi connectivity index (χ1) is 15.9. The van der Waals surface area contributed by atoms with Crippen LogP contribution in [0.3, 0.4) is 0 Å². The van der Waals surface area contributed by atoms with Crippen LogP contribution in [0.5, 0.6) is 0 Å². The molecule has 0 aromatic heterocycles. The predicted octanol–water partition coefficient (Wildman–Crippen LogP) is 4.02. The molecule has 1 saturated heterocycles. The van der Waals surface area contributed by atoms with Crippen LogP contribution < -0.4 is 5.32 Å². The maximum atomic E-state index is 13.1. The highest BCUT2D eigenvalue weighted by Crippen LogP contribution is 2.44. The van der Waals surface area contributed by atoms with Crippen LogP contribution in [0.4, 0.5) is 4.79 Å². The number of fused-ring (bicyclic) bond motifs is 3. The van der Waals surface area contributed by atoms with Crippen LogP contribution in [0, 0.1) is 5.92 Å². The van der Waals surface area contributed by atoms with E-state index in [2.05, 4.69) is 24.4 Å². The monoisotopic (exact) mass is 450 g/mol. The third-order valence-electron chi connectivity index (χ3n) is 7.00. The number of carboxylic acid groups (broad SMARTS) is 1. The van der Waals surface area contributed by atoms with Gasteiger partial charge in [-0.05, 0) is 47.9 Å². The second kappa shape index (κ2) is 9.65. The van der Waals surface area contributed by atoms with Crippen molar-refractivity contribution in [3.05, 3.63) is 59.7 Å². The Hall–Kier alpha value is -3.35. The Morgan fingerprint density at radius 3 is 2.21 bits per heavy atom. The van der Waals surface area contributed by atoms with Crippen molar-refractivity contribution in [3.63, 3.8) is 0 Å². The van der Waals surface area contributed by atoms with Gasteiger partial charge < -0.3 is 20.1 Å². The molecule has 3 unspecified atom stereocenters. The number of carbonyl (C=O) groups excluding carboxylic acids is 2. The van der Waals surface area contributed by atoms with Gasteiger partial charge in [0.25, 0.3) is 0 Å². The average molecular weight is 451 g/mol. The van der Waals surface area contributed by atoms with Crippen molar-refractivity contribution >= 4 is 18.0 Å². The fourth-order valence-electron chi connectivity index (χ4n) is 4.91. The first-order valence-corrected chi connectivity index (χ1v) is 11.5. The molecule has 2 aromatic carbocycles. The lowest BCUT2D eigenvalue weighted by atomic mass is 9.98. The van der Waals surface area contributed by atoms with Gasteiger partial charge in [0.1, 0.15) is 12.6 Å². The molecule has 4 rings (SSSR count). The molecular weight excluding hydrogens is 420 g/mol. The number of aliphatic carboxylic acids is 1. The van der Waals surface area contributed by atoms with Gasteiger partial charge in [0.2, 0.25) is 5.91 Å². The van der Waals surface area contributed by atoms with Crippen LogP contribution in [0.15, 0.2) is 48.5 Å². The summed E-state index contributed by atoms with van der Waals surface area (Å²) in [6, 6.07) is 15.2. The molecule has 7 nitrogen and oxygen atoms in total. The van der Waals surface area contributed by atoms with E-state index in [0.29, 0.717) is 12.5 Å². The number of nitrogens with one attached hydrogen (secondary N) is 1. The molecule has 3 atom stereocenters. The van der Waals surface area contributed by atoms with Crippen LogP contribution in [-0.2, 0) is 14.3 Å². The van der Waals surface area contributed by atoms with Crippen molar-refractivity contribution < 1.29 is 24.2 Å². The van der Waals surface area contributed by atoms with Gasteiger partial charge in [0.05, 0.1) is 0 Å². The lowest BCUT2D eigenvalue weighted by Gasteiger charge is -2.28. The number of carboxylic acids is 1. The van der Waals surface area contributed by atoms with Crippen molar-refractivity contribution in [2.75, 3.05) is 13.2 Å². The Morgan fingerprint density at radius 2 is 1.67 bits per heavy atom. The van der Waals surface area contributed by atoms with Crippen LogP contribution in [0.2, 0.25) is 0 Å². The van der Waals surface area contributed by atoms with Crippen LogP contribution in [-0.4, -0.2) is 53.2 Å². The lowest BCUT2D eigenvalue weighted by molar-refractivity contribution is -0.138. The van der Waals surface area contributed by atoms with E-state index in [1.807, 2.05) is 43.3 Å². The minimum Gasteiger partial charge on any atom is -0.481 e. The summed E-state index contributed by atoms with van der Waals surface area (Å²) in [4.78, 5) is 38.6. The molecule has 33 heavy (non-hydrogen) atoms. The van der Waals surface area contributed by atoms with Gasteiger partial charge >= 0.3 is 12.1 Å². The number of alkyl carbamates (subject to hydrolysis) is 1. The Labute approximate surface area is 193 Å². The summed E-state index contributed by atoms with van der Waals surface area (Å²) in [5.74, 6) is -0.981. The third kappa shape index (κ3) is 4.72. The quantitative estimate of drug-likeness (QED) is 0.664. The van der Waals surface area contributed by atoms with Gasteiger partial charge in [-0.2, -0.15) is 0 Å². The number of ether oxygens (including phenoxy) is 1. The maximum absolute atomic E-state index is 13.1. The Kier molecular flexibility index (Phi) is 6.67. The first-order valence-electron chi connectivity index (χ1n) is 11.5. The number of carbonyl (C=O) groups is 3. The molecule has 2 N–H and O–H groups in total. The topological polar surface area (TPSA) is 95.9 Å². The molecule has 7 heteroatoms. The summed E-state index contributed by atoms with van der Waals surface area (Å²) in [6.45, 7) is 4.81. The second-order valence-electron chi connectivity index (χ2n) is 8.99. The third-order valence-corrected chi connectivity index (χ3v) is 7.00. The number of nitrogens with zero attached hydrogens (tertiary/aromatic N) is 1. The van der Waals surface area contributed by atoms with E-state index in [-0.39, 0.29) is 37.3 Å². The molecule has 1 aliphatic carbocycles. The summed E-state index contributed by atoms with van der Waals surface area (Å²) in [5.41, 5.74) is 4.47. The summed E-state index contributed by atoms with van der Waals surface area (Å²) < 4.78 is 5.57. The highest BCUT2D eigenvalue weighted by Gasteiger charge is 2.36. The molecule has 1 aliphatic heterocycles. The van der Waals surface area contributed by atoms with E-state index in [4.69, 9.17) is 9.84 Å². The standard InChI is InChI=1S/C26H30N2O5/c1-16-13-14-28(17(16)2)25(31)23(11-12-24(29)30)27-26(32)33-15-22-20-9-5-3-7-18(20)19-8-4-6-10-21(19)22/h3-10,16-17,22-23H,11-15H2,1-2H3,(H,27,32)(H,29,30). The number of rotatable bonds is 7. The van der Waals surface area contributed by atoms with Crippen molar-refractivity contribution in [1.82, 2.24) is 10.2 Å². The van der Waals surface area contributed by atoms with Crippen molar-refractivity contribution in [3.8, 4) is 11.1 Å². The van der Waals surface area contributed by atoms with Gasteiger partial charge in [-0.15, -0.1) is 0 Å². The molecule has 0 saturated carbocycles. The van der Waals surface area contributed by atoms with E-state index < -0.39 is 18.1 Å². The molecule has 174 valence electrons. The molecule has 0 bridgehead atoms. The molecule has 1 heterocycles. The van der Waals surface area contributed by atoms with E-state index in [9.17, 15) is 14.4 Å². The minimum atomic E-state index is -1.01. The second-order valence-corrected chi connectivity index (χ2v) is 8.99. The molecule has 0 spiro atoms. The van der Waals surface area contributed by atoms with Crippen LogP contribution >= 0.6 is 0 Å². The van der Waals surface area contributed by atoms with Gasteiger partial charge in [0, 0.05) is 24.9 Å². The zero-order valence-corrected chi connectivity index (χ0v) is 19.0. The number of likely N-dealkylation sites (tertiary alicyclic amines) is 1. The molecule has 2 aromatic rings. The van der Waals surface area contributed by atoms with Gasteiger partial charge in [0.15, 0.2) is 0 Å². The van der Waals surface area contributed by atoms with E-state index in [1.165, 1.54) is 0 Å². The smallest absolute Gasteiger partial charge is 0.407 e. The fraction of sp³-hybridized carbons (Fsp3) is 0.423. The summed E-state index contributed by atoms with van der Waals surface area (Å²) in [6.07, 6.45) is -0.00221. The summed E-state index contributed by atoms with van der Waals surface area (Å²) >= 11 is 0. The number of amides is 2. The SMILES string of the molecule is CC1CCN(C(=O)C(CCC(=O)O)NC(=O)OCC2c3ccccc3-c3ccccc32)C1C. The molecule has 2 aliphatic rings. The van der Waals surface area contributed by atoms with Gasteiger partial charge in [-0.3, -0.25) is 9.59 Å². The summed E-state index contributed by atoms with van der Waals surface area (Å²) in [5, 5.41) is 11.7. The van der Waals surface area contributed by atoms with Crippen molar-refractivity contribution in [2.45, 2.75) is 51.1 Å². The number of hydrogen-bond donors (Lipinski definition) is 2. The van der Waals surface area contributed by atoms with Crippen LogP contribution in [0.25, 0.3) is 11.1 Å². The zero-order valence-electron chi connectivity index (χ0n) is 19.0. The van der Waals surface area contributed by atoms with Crippen molar-refractivity contribution in [1.29, 1.82) is 0 Å². The van der Waals surface area contributed by atoms with Crippen molar-refractivity contribution in [2.24, 2.45) is 5.92 Å². The maximum Gasteiger partial charge on any atom is 0.407 e. The van der Waals surface area contributed by atoms with Gasteiger partial charge in [-0.1, -0.05) is 55.5 Å². The first kappa shape index (κ1) is 22.8.